The van der Waals surface area contributed by atoms with Crippen LogP contribution in [0.2, 0.25) is 0 Å². The number of hydrogen-bond donors (Lipinski definition) is 9. The number of ether oxygens (including phenoxy) is 1. The van der Waals surface area contributed by atoms with Crippen molar-refractivity contribution in [2.24, 2.45) is 0 Å². The molecular formula is C31H35N8O14P3. The second kappa shape index (κ2) is 16.0. The summed E-state index contributed by atoms with van der Waals surface area (Å²) in [5, 5.41) is 15.3. The van der Waals surface area contributed by atoms with Gasteiger partial charge < -0.3 is 56.5 Å². The molecule has 3 aromatic heterocycles. The zero-order valence-electron chi connectivity index (χ0n) is 28.9. The summed E-state index contributed by atoms with van der Waals surface area (Å²) in [5.41, 5.74) is 20.4. The minimum absolute atomic E-state index is 0.000836. The maximum Gasteiger partial charge on any atom is 0.487 e. The maximum atomic E-state index is 12.9. The molecule has 0 bridgehead atoms. The topological polar surface area (TPSA) is 354 Å². The third-order valence-corrected chi connectivity index (χ3v) is 12.2. The number of rotatable bonds is 13. The van der Waals surface area contributed by atoms with Crippen LogP contribution in [0, 0.1) is 11.8 Å². The van der Waals surface area contributed by atoms with Gasteiger partial charge in [-0.1, -0.05) is 11.8 Å². The van der Waals surface area contributed by atoms with Crippen molar-refractivity contribution < 1.29 is 65.6 Å². The third kappa shape index (κ3) is 9.80. The molecule has 1 fully saturated rings. The predicted molar refractivity (Wildman–Crippen MR) is 196 cm³/mol. The van der Waals surface area contributed by atoms with Gasteiger partial charge in [0.2, 0.25) is 22.9 Å². The van der Waals surface area contributed by atoms with Crippen molar-refractivity contribution in [3.05, 3.63) is 64.6 Å². The van der Waals surface area contributed by atoms with Crippen LogP contribution >= 0.6 is 23.5 Å². The van der Waals surface area contributed by atoms with Gasteiger partial charge in [0.1, 0.15) is 18.9 Å². The Bertz CT molecular complexity index is 2560. The van der Waals surface area contributed by atoms with Crippen LogP contribution < -0.4 is 37.5 Å². The standard InChI is InChI=1S/C31H35N8O14P3/c32-20-7-5-17-11-18-6-8-21(33)13-23(18)38(22(17)12-20)10-2-4-26(41)35-9-1-3-19-15-39(29-28(19)30(42)37-31(34)36-29)27-14-24(40)25(51-27)16-50-55(46,47)53-56(48,49)52-54(43,44)45/h5-8,11-13,15,24-25,27,40H,2,4,9-10,14,16H2,(H11,32,33,34,35,36,37,41,42,43,44,45,46,47,48,49)/t24-,25+,27+/m0/s1. The normalized spacial score (nSPS) is 20.3. The highest BCUT2D eigenvalue weighted by molar-refractivity contribution is 7.66. The second-order valence-electron chi connectivity index (χ2n) is 12.5. The fraction of sp³-hybridized carbons (Fsp3) is 0.290. The molecule has 3 unspecified atom stereocenters. The van der Waals surface area contributed by atoms with Gasteiger partial charge in [0.05, 0.1) is 30.2 Å². The number of carbonyl (C=O) groups is 1. The number of aryl methyl sites for hydroxylation is 1. The summed E-state index contributed by atoms with van der Waals surface area (Å²) < 4.78 is 55.4. The van der Waals surface area contributed by atoms with E-state index in [1.165, 1.54) is 10.8 Å². The third-order valence-electron chi connectivity index (χ3n) is 8.41. The predicted octanol–water partition coefficient (Wildman–Crippen LogP) is 0.373. The largest absolute Gasteiger partial charge is 0.756 e. The number of aromatic nitrogens is 4. The molecule has 2 aromatic carbocycles. The van der Waals surface area contributed by atoms with Gasteiger partial charge in [0, 0.05) is 59.7 Å². The monoisotopic (exact) mass is 836 g/mol. The number of nitrogen functional groups attached to an aromatic ring is 3. The molecule has 12 N–H and O–H groups in total. The van der Waals surface area contributed by atoms with E-state index in [1.807, 2.05) is 42.5 Å². The molecule has 1 aliphatic heterocycles. The number of nitrogens with zero attached hydrogens (tertiary/aromatic N) is 3. The number of H-pyrrole nitrogens is 1. The molecule has 6 rings (SSSR count). The molecule has 5 aromatic rings. The highest BCUT2D eigenvalue weighted by Crippen LogP contribution is 2.65. The number of amides is 1. The number of hydrogen-bond acceptors (Lipinski definition) is 15. The molecule has 0 aliphatic carbocycles. The Hall–Kier alpha value is -4.71. The molecule has 0 radical (unpaired) electrons. The molecular weight excluding hydrogens is 801 g/mol. The number of fused-ring (bicyclic) bond motifs is 3. The zero-order valence-corrected chi connectivity index (χ0v) is 31.6. The molecule has 1 aliphatic rings. The van der Waals surface area contributed by atoms with Gasteiger partial charge in [0.25, 0.3) is 13.4 Å². The summed E-state index contributed by atoms with van der Waals surface area (Å²) in [6, 6.07) is 13.3. The number of nitrogens with two attached hydrogens (primary N) is 3. The van der Waals surface area contributed by atoms with E-state index < -0.39 is 54.1 Å². The van der Waals surface area contributed by atoms with Crippen LogP contribution in [-0.2, 0) is 42.9 Å². The maximum absolute atomic E-state index is 12.9. The molecule has 1 saturated heterocycles. The van der Waals surface area contributed by atoms with Crippen molar-refractivity contribution in [2.75, 3.05) is 30.4 Å². The van der Waals surface area contributed by atoms with Crippen LogP contribution in [0.5, 0.6) is 0 Å². The van der Waals surface area contributed by atoms with Crippen LogP contribution in [-0.4, -0.2) is 65.6 Å². The lowest BCUT2D eigenvalue weighted by Crippen LogP contribution is -2.36. The number of aliphatic hydroxyl groups is 1. The fourth-order valence-electron chi connectivity index (χ4n) is 6.13. The van der Waals surface area contributed by atoms with Crippen molar-refractivity contribution in [1.82, 2.24) is 19.9 Å². The Balaban J connectivity index is 1.10. The van der Waals surface area contributed by atoms with Crippen LogP contribution in [0.3, 0.4) is 0 Å². The lowest BCUT2D eigenvalue weighted by molar-refractivity contribution is -0.645. The summed E-state index contributed by atoms with van der Waals surface area (Å²) in [6.45, 7) is -0.518. The van der Waals surface area contributed by atoms with Crippen LogP contribution in [0.15, 0.2) is 53.5 Å². The van der Waals surface area contributed by atoms with Gasteiger partial charge in [-0.15, -0.1) is 0 Å². The van der Waals surface area contributed by atoms with Gasteiger partial charge in [0.15, 0.2) is 5.65 Å². The molecule has 1 amide bonds. The van der Waals surface area contributed by atoms with Crippen molar-refractivity contribution in [2.45, 2.75) is 44.2 Å². The Labute approximate surface area is 315 Å². The molecule has 56 heavy (non-hydrogen) atoms. The molecule has 22 nitrogen and oxygen atoms in total. The number of anilines is 3. The lowest BCUT2D eigenvalue weighted by Gasteiger charge is -2.21. The average Bonchev–Trinajstić information content (AvgIpc) is 3.63. The quantitative estimate of drug-likeness (QED) is 0.0254. The fourth-order valence-corrected chi connectivity index (χ4v) is 9.13. The summed E-state index contributed by atoms with van der Waals surface area (Å²) in [4.78, 5) is 70.6. The first kappa shape index (κ1) is 40.9. The van der Waals surface area contributed by atoms with Crippen molar-refractivity contribution in [3.8, 4) is 11.8 Å². The van der Waals surface area contributed by atoms with Gasteiger partial charge in [-0.25, -0.2) is 13.4 Å². The molecule has 25 heteroatoms. The van der Waals surface area contributed by atoms with Crippen LogP contribution in [0.25, 0.3) is 32.8 Å². The minimum atomic E-state index is -5.85. The molecule has 4 heterocycles. The molecule has 0 saturated carbocycles. The van der Waals surface area contributed by atoms with Gasteiger partial charge in [-0.3, -0.25) is 23.7 Å². The second-order valence-corrected chi connectivity index (χ2v) is 16.9. The van der Waals surface area contributed by atoms with E-state index in [2.05, 4.69) is 44.8 Å². The van der Waals surface area contributed by atoms with Gasteiger partial charge in [-0.2, -0.15) is 13.9 Å². The number of aliphatic hydroxyl groups excluding tert-OH is 1. The molecule has 298 valence electrons. The molecule has 0 spiro atoms. The highest BCUT2D eigenvalue weighted by atomic mass is 31.3. The summed E-state index contributed by atoms with van der Waals surface area (Å²) in [7, 11) is -17.2. The first-order valence-electron chi connectivity index (χ1n) is 16.4. The Morgan fingerprint density at radius 2 is 1.71 bits per heavy atom. The summed E-state index contributed by atoms with van der Waals surface area (Å²) >= 11 is 0. The summed E-state index contributed by atoms with van der Waals surface area (Å²) in [6.07, 6.45) is -1.99. The Kier molecular flexibility index (Phi) is 11.7. The van der Waals surface area contributed by atoms with E-state index in [0.29, 0.717) is 24.3 Å². The number of carbonyl (C=O) groups excluding carboxylic acids is 1. The minimum Gasteiger partial charge on any atom is -0.756 e. The Morgan fingerprint density at radius 1 is 1.05 bits per heavy atom. The number of nitrogens with one attached hydrogen (secondary N) is 2. The van der Waals surface area contributed by atoms with Gasteiger partial charge >= 0.3 is 15.6 Å². The first-order chi connectivity index (χ1) is 26.3. The molecule has 6 atom stereocenters. The average molecular weight is 837 g/mol. The highest BCUT2D eigenvalue weighted by Gasteiger charge is 2.41. The lowest BCUT2D eigenvalue weighted by atomic mass is 10.1. The van der Waals surface area contributed by atoms with Crippen molar-refractivity contribution >= 4 is 79.5 Å². The number of pyridine rings is 1. The van der Waals surface area contributed by atoms with Crippen LogP contribution in [0.4, 0.5) is 17.3 Å². The van der Waals surface area contributed by atoms with E-state index >= 15 is 0 Å². The Morgan fingerprint density at radius 3 is 2.36 bits per heavy atom. The van der Waals surface area contributed by atoms with E-state index in [0.717, 1.165) is 21.8 Å². The number of aromatic amines is 1. The van der Waals surface area contributed by atoms with E-state index in [-0.39, 0.29) is 47.8 Å². The van der Waals surface area contributed by atoms with Gasteiger partial charge in [-0.05, 0) is 30.3 Å². The van der Waals surface area contributed by atoms with Crippen molar-refractivity contribution in [1.29, 1.82) is 0 Å². The first-order valence-corrected chi connectivity index (χ1v) is 20.9. The van der Waals surface area contributed by atoms with E-state index in [1.54, 1.807) is 0 Å². The van der Waals surface area contributed by atoms with E-state index in [9.17, 15) is 43.1 Å². The SMILES string of the molecule is Nc1ccc2cc3ccc(N)cc3[n+](CCCC(=O)NCC#Cc3cn([C@H]4C[C@H](O)[C@@H](COP(=O)(O)OP(=O)(O)OP(=O)([O-])O)O4)c4nc(N)[nH]c(=O)c34)c2c1. The number of phosphoric ester groups is 1. The van der Waals surface area contributed by atoms with Crippen molar-refractivity contribution in [3.63, 3.8) is 0 Å². The summed E-state index contributed by atoms with van der Waals surface area (Å²) in [5.74, 6) is 5.09. The van der Waals surface area contributed by atoms with E-state index in [4.69, 9.17) is 26.8 Å². The zero-order chi connectivity index (χ0) is 40.6. The number of benzene rings is 2. The van der Waals surface area contributed by atoms with Crippen LogP contribution in [0.1, 0.15) is 31.1 Å². The number of phosphoric acid groups is 3. The smallest absolute Gasteiger partial charge is 0.487 e.